The average Bonchev–Trinajstić information content (AvgIpc) is 3.03. The van der Waals surface area contributed by atoms with E-state index in [4.69, 9.17) is 4.74 Å². The molecule has 6 nitrogen and oxygen atoms in total. The van der Waals surface area contributed by atoms with Gasteiger partial charge in [0.2, 0.25) is 5.91 Å². The normalized spacial score (nSPS) is 21.4. The molecule has 0 spiro atoms. The summed E-state index contributed by atoms with van der Waals surface area (Å²) in [6, 6.07) is 7.25. The van der Waals surface area contributed by atoms with Gasteiger partial charge in [0, 0.05) is 17.9 Å². The number of carbonyl (C=O) groups excluding carboxylic acids is 2. The molecule has 22 heavy (non-hydrogen) atoms. The van der Waals surface area contributed by atoms with Crippen molar-refractivity contribution in [2.75, 3.05) is 36.5 Å². The van der Waals surface area contributed by atoms with Crippen molar-refractivity contribution in [3.63, 3.8) is 0 Å². The zero-order valence-electron chi connectivity index (χ0n) is 12.2. The average molecular weight is 326 g/mol. The number of hydrogen-bond acceptors (Lipinski definition) is 4. The fourth-order valence-electron chi connectivity index (χ4n) is 2.65. The molecule has 2 heterocycles. The van der Waals surface area contributed by atoms with E-state index in [-0.39, 0.29) is 36.9 Å². The second kappa shape index (κ2) is 7.58. The van der Waals surface area contributed by atoms with Crippen molar-refractivity contribution in [3.8, 4) is 0 Å². The molecule has 7 heteroatoms. The van der Waals surface area contributed by atoms with Gasteiger partial charge in [-0.1, -0.05) is 0 Å². The largest absolute Gasteiger partial charge is 0.370 e. The SMILES string of the molecule is Cl.O=C(Nc1ccc(N2CCOCC2=O)cc1)[C@H]1CCCN1. The van der Waals surface area contributed by atoms with Crippen LogP contribution in [-0.4, -0.2) is 44.2 Å². The van der Waals surface area contributed by atoms with Gasteiger partial charge in [-0.3, -0.25) is 9.59 Å². The van der Waals surface area contributed by atoms with E-state index in [1.807, 2.05) is 24.3 Å². The summed E-state index contributed by atoms with van der Waals surface area (Å²) in [5.41, 5.74) is 1.58. The first-order valence-electron chi connectivity index (χ1n) is 7.26. The molecule has 3 rings (SSSR count). The minimum absolute atomic E-state index is 0. The lowest BCUT2D eigenvalue weighted by Gasteiger charge is -2.27. The summed E-state index contributed by atoms with van der Waals surface area (Å²) in [5, 5.41) is 6.06. The lowest BCUT2D eigenvalue weighted by molar-refractivity contribution is -0.125. The molecule has 120 valence electrons. The highest BCUT2D eigenvalue weighted by atomic mass is 35.5. The summed E-state index contributed by atoms with van der Waals surface area (Å²) >= 11 is 0. The first kappa shape index (κ1) is 16.7. The standard InChI is InChI=1S/C15H19N3O3.ClH/c19-14-10-21-9-8-18(14)12-5-3-11(4-6-12)17-15(20)13-2-1-7-16-13;/h3-6,13,16H,1-2,7-10H2,(H,17,20);1H/t13-;/m1./s1. The number of nitrogens with zero attached hydrogens (tertiary/aromatic N) is 1. The number of benzene rings is 1. The van der Waals surface area contributed by atoms with E-state index in [1.54, 1.807) is 4.90 Å². The third kappa shape index (κ3) is 3.76. The molecule has 2 N–H and O–H groups in total. The van der Waals surface area contributed by atoms with Gasteiger partial charge < -0.3 is 20.3 Å². The minimum atomic E-state index is -0.0921. The van der Waals surface area contributed by atoms with E-state index in [2.05, 4.69) is 10.6 Å². The molecule has 2 saturated heterocycles. The van der Waals surface area contributed by atoms with Gasteiger partial charge in [-0.15, -0.1) is 12.4 Å². The van der Waals surface area contributed by atoms with E-state index in [0.29, 0.717) is 13.2 Å². The number of carbonyl (C=O) groups is 2. The van der Waals surface area contributed by atoms with Crippen molar-refractivity contribution >= 4 is 35.6 Å². The predicted octanol–water partition coefficient (Wildman–Crippen LogP) is 1.16. The van der Waals surface area contributed by atoms with Crippen LogP contribution in [0.15, 0.2) is 24.3 Å². The van der Waals surface area contributed by atoms with Gasteiger partial charge in [0.1, 0.15) is 6.61 Å². The van der Waals surface area contributed by atoms with Crippen LogP contribution in [0.25, 0.3) is 0 Å². The molecule has 0 aromatic heterocycles. The second-order valence-corrected chi connectivity index (χ2v) is 5.28. The number of ether oxygens (including phenoxy) is 1. The Morgan fingerprint density at radius 2 is 2.09 bits per heavy atom. The fourth-order valence-corrected chi connectivity index (χ4v) is 2.65. The number of halogens is 1. The molecule has 1 aromatic rings. The highest BCUT2D eigenvalue weighted by Crippen LogP contribution is 2.20. The van der Waals surface area contributed by atoms with Crippen molar-refractivity contribution in [2.45, 2.75) is 18.9 Å². The fraction of sp³-hybridized carbons (Fsp3) is 0.467. The summed E-state index contributed by atoms with van der Waals surface area (Å²) in [5.74, 6) is -0.0316. The molecule has 2 fully saturated rings. The summed E-state index contributed by atoms with van der Waals surface area (Å²) in [7, 11) is 0. The van der Waals surface area contributed by atoms with E-state index in [0.717, 1.165) is 30.8 Å². The van der Waals surface area contributed by atoms with E-state index < -0.39 is 0 Å². The highest BCUT2D eigenvalue weighted by molar-refractivity contribution is 5.97. The maximum atomic E-state index is 12.0. The lowest BCUT2D eigenvalue weighted by atomic mass is 10.2. The maximum absolute atomic E-state index is 12.0. The predicted molar refractivity (Wildman–Crippen MR) is 86.5 cm³/mol. The Bertz CT molecular complexity index is 529. The molecule has 2 aliphatic rings. The number of nitrogens with one attached hydrogen (secondary N) is 2. The van der Waals surface area contributed by atoms with Crippen molar-refractivity contribution < 1.29 is 14.3 Å². The summed E-state index contributed by atoms with van der Waals surface area (Å²) in [6.45, 7) is 2.15. The smallest absolute Gasteiger partial charge is 0.253 e. The number of morpholine rings is 1. The molecule has 0 aliphatic carbocycles. The monoisotopic (exact) mass is 325 g/mol. The van der Waals surface area contributed by atoms with Crippen molar-refractivity contribution in [3.05, 3.63) is 24.3 Å². The number of anilines is 2. The van der Waals surface area contributed by atoms with Crippen LogP contribution in [0.1, 0.15) is 12.8 Å². The van der Waals surface area contributed by atoms with E-state index in [1.165, 1.54) is 0 Å². The highest BCUT2D eigenvalue weighted by Gasteiger charge is 2.22. The van der Waals surface area contributed by atoms with Crippen molar-refractivity contribution in [2.24, 2.45) is 0 Å². The van der Waals surface area contributed by atoms with E-state index >= 15 is 0 Å². The van der Waals surface area contributed by atoms with Gasteiger partial charge in [0.05, 0.1) is 12.6 Å². The maximum Gasteiger partial charge on any atom is 0.253 e. The Kier molecular flexibility index (Phi) is 5.76. The third-order valence-electron chi connectivity index (χ3n) is 3.81. The Hall–Kier alpha value is -1.63. The zero-order valence-corrected chi connectivity index (χ0v) is 13.0. The van der Waals surface area contributed by atoms with Crippen LogP contribution >= 0.6 is 12.4 Å². The Morgan fingerprint density at radius 1 is 1.32 bits per heavy atom. The van der Waals surface area contributed by atoms with Crippen LogP contribution in [0.2, 0.25) is 0 Å². The van der Waals surface area contributed by atoms with Gasteiger partial charge in [-0.25, -0.2) is 0 Å². The third-order valence-corrected chi connectivity index (χ3v) is 3.81. The van der Waals surface area contributed by atoms with Crippen molar-refractivity contribution in [1.82, 2.24) is 5.32 Å². The van der Waals surface area contributed by atoms with Crippen LogP contribution in [-0.2, 0) is 14.3 Å². The van der Waals surface area contributed by atoms with Gasteiger partial charge in [-0.2, -0.15) is 0 Å². The van der Waals surface area contributed by atoms with Gasteiger partial charge in [0.15, 0.2) is 0 Å². The first-order chi connectivity index (χ1) is 10.2. The topological polar surface area (TPSA) is 70.7 Å². The Morgan fingerprint density at radius 3 is 2.73 bits per heavy atom. The van der Waals surface area contributed by atoms with Crippen LogP contribution in [0.4, 0.5) is 11.4 Å². The summed E-state index contributed by atoms with van der Waals surface area (Å²) in [4.78, 5) is 25.5. The first-order valence-corrected chi connectivity index (χ1v) is 7.26. The zero-order chi connectivity index (χ0) is 14.7. The Balaban J connectivity index is 0.00000176. The minimum Gasteiger partial charge on any atom is -0.370 e. The molecule has 0 saturated carbocycles. The molecule has 2 aliphatic heterocycles. The van der Waals surface area contributed by atoms with E-state index in [9.17, 15) is 9.59 Å². The summed E-state index contributed by atoms with van der Waals surface area (Å²) in [6.07, 6.45) is 1.92. The molecule has 0 bridgehead atoms. The van der Waals surface area contributed by atoms with Gasteiger partial charge in [0.25, 0.3) is 5.91 Å². The van der Waals surface area contributed by atoms with Gasteiger partial charge >= 0.3 is 0 Å². The van der Waals surface area contributed by atoms with Crippen LogP contribution < -0.4 is 15.5 Å². The lowest BCUT2D eigenvalue weighted by Crippen LogP contribution is -2.41. The number of rotatable bonds is 3. The molecule has 0 radical (unpaired) electrons. The molecule has 1 aromatic carbocycles. The molecule has 0 unspecified atom stereocenters. The van der Waals surface area contributed by atoms with Crippen LogP contribution in [0, 0.1) is 0 Å². The quantitative estimate of drug-likeness (QED) is 0.875. The van der Waals surface area contributed by atoms with Crippen LogP contribution in [0.3, 0.4) is 0 Å². The van der Waals surface area contributed by atoms with Crippen molar-refractivity contribution in [1.29, 1.82) is 0 Å². The Labute approximate surface area is 135 Å². The molecule has 1 atom stereocenters. The summed E-state index contributed by atoms with van der Waals surface area (Å²) < 4.78 is 5.11. The second-order valence-electron chi connectivity index (χ2n) is 5.28. The van der Waals surface area contributed by atoms with Gasteiger partial charge in [-0.05, 0) is 43.7 Å². The number of hydrogen-bond donors (Lipinski definition) is 2. The molecular formula is C15H20ClN3O3. The van der Waals surface area contributed by atoms with Crippen LogP contribution in [0.5, 0.6) is 0 Å². The molecule has 2 amide bonds. The number of amides is 2. The molecular weight excluding hydrogens is 306 g/mol.